The van der Waals surface area contributed by atoms with Crippen LogP contribution in [0.1, 0.15) is 33.1 Å². The first-order valence-electron chi connectivity index (χ1n) is 7.07. The molecule has 0 aliphatic heterocycles. The van der Waals surface area contributed by atoms with E-state index in [1.165, 1.54) is 25.3 Å². The Kier molecular flexibility index (Phi) is 4.51. The third kappa shape index (κ3) is 3.31. The fourth-order valence-electron chi connectivity index (χ4n) is 2.75. The van der Waals surface area contributed by atoms with Crippen LogP contribution in [0.15, 0.2) is 12.1 Å². The highest BCUT2D eigenvalue weighted by molar-refractivity contribution is 5.68. The second kappa shape index (κ2) is 6.13. The van der Waals surface area contributed by atoms with E-state index in [2.05, 4.69) is 12.2 Å². The molecule has 0 spiro atoms. The molecule has 3 N–H and O–H groups in total. The fourth-order valence-corrected chi connectivity index (χ4v) is 2.75. The Morgan fingerprint density at radius 2 is 2.21 bits per heavy atom. The van der Waals surface area contributed by atoms with Crippen LogP contribution < -0.4 is 15.8 Å². The number of nitrogens with two attached hydrogens (primary N) is 1. The summed E-state index contributed by atoms with van der Waals surface area (Å²) < 4.78 is 18.8. The number of anilines is 2. The van der Waals surface area contributed by atoms with E-state index in [9.17, 15) is 4.39 Å². The minimum Gasteiger partial charge on any atom is -0.491 e. The van der Waals surface area contributed by atoms with Crippen LogP contribution >= 0.6 is 0 Å². The zero-order valence-corrected chi connectivity index (χ0v) is 11.7. The lowest BCUT2D eigenvalue weighted by molar-refractivity contribution is 0.322. The molecule has 1 fully saturated rings. The maximum atomic E-state index is 13.6. The van der Waals surface area contributed by atoms with Crippen LogP contribution in [0.5, 0.6) is 5.75 Å². The van der Waals surface area contributed by atoms with Gasteiger partial charge in [0.25, 0.3) is 0 Å². The van der Waals surface area contributed by atoms with Gasteiger partial charge < -0.3 is 15.8 Å². The smallest absolute Gasteiger partial charge is 0.167 e. The predicted octanol–water partition coefficient (Wildman–Crippen LogP) is 3.65. The third-order valence-electron chi connectivity index (χ3n) is 4.00. The molecule has 2 atom stereocenters. The Balaban J connectivity index is 2.04. The second-order valence-electron chi connectivity index (χ2n) is 5.35. The topological polar surface area (TPSA) is 47.3 Å². The van der Waals surface area contributed by atoms with E-state index in [1.54, 1.807) is 6.07 Å². The highest BCUT2D eigenvalue weighted by Gasteiger charge is 2.23. The molecule has 1 aromatic carbocycles. The van der Waals surface area contributed by atoms with E-state index < -0.39 is 5.82 Å². The Bertz CT molecular complexity index is 436. The molecular formula is C15H23FN2O. The second-order valence-corrected chi connectivity index (χ2v) is 5.35. The van der Waals surface area contributed by atoms with Crippen LogP contribution in [-0.4, -0.2) is 13.2 Å². The van der Waals surface area contributed by atoms with Crippen molar-refractivity contribution in [3.05, 3.63) is 17.9 Å². The molecule has 0 radical (unpaired) electrons. The normalized spacial score (nSPS) is 22.5. The van der Waals surface area contributed by atoms with Crippen molar-refractivity contribution < 1.29 is 9.13 Å². The molecule has 0 amide bonds. The van der Waals surface area contributed by atoms with Crippen LogP contribution in [0.3, 0.4) is 0 Å². The summed E-state index contributed by atoms with van der Waals surface area (Å²) in [6.45, 7) is 5.46. The number of hydrogen-bond donors (Lipinski definition) is 2. The number of benzene rings is 1. The molecule has 0 aromatic heterocycles. The average Bonchev–Trinajstić information content (AvgIpc) is 2.77. The van der Waals surface area contributed by atoms with Gasteiger partial charge in [0, 0.05) is 18.7 Å². The predicted molar refractivity (Wildman–Crippen MR) is 77.0 cm³/mol. The summed E-state index contributed by atoms with van der Waals surface area (Å²) in [4.78, 5) is 0. The van der Waals surface area contributed by atoms with Gasteiger partial charge in [-0.3, -0.25) is 0 Å². The van der Waals surface area contributed by atoms with E-state index in [-0.39, 0.29) is 5.75 Å². The zero-order valence-electron chi connectivity index (χ0n) is 11.7. The van der Waals surface area contributed by atoms with Crippen LogP contribution in [-0.2, 0) is 0 Å². The van der Waals surface area contributed by atoms with Crippen molar-refractivity contribution in [2.75, 3.05) is 24.2 Å². The summed E-state index contributed by atoms with van der Waals surface area (Å²) in [5.74, 6) is 1.29. The number of nitrogens with one attached hydrogen (secondary N) is 1. The SMILES string of the molecule is CCOc1cc(NCC2CCCC2C)c(N)cc1F. The molecule has 0 heterocycles. The molecule has 19 heavy (non-hydrogen) atoms. The van der Waals surface area contributed by atoms with E-state index in [1.807, 2.05) is 6.92 Å². The lowest BCUT2D eigenvalue weighted by Gasteiger charge is -2.18. The number of halogens is 1. The molecule has 1 aliphatic rings. The van der Waals surface area contributed by atoms with Gasteiger partial charge in [-0.2, -0.15) is 0 Å². The lowest BCUT2D eigenvalue weighted by Crippen LogP contribution is -2.17. The van der Waals surface area contributed by atoms with Gasteiger partial charge in [0.05, 0.1) is 18.0 Å². The van der Waals surface area contributed by atoms with Crippen molar-refractivity contribution in [3.8, 4) is 5.75 Å². The maximum Gasteiger partial charge on any atom is 0.167 e. The summed E-state index contributed by atoms with van der Waals surface area (Å²) in [6, 6.07) is 2.99. The summed E-state index contributed by atoms with van der Waals surface area (Å²) in [5, 5.41) is 3.34. The Hall–Kier alpha value is -1.45. The number of rotatable bonds is 5. The van der Waals surface area contributed by atoms with E-state index >= 15 is 0 Å². The Labute approximate surface area is 114 Å². The number of nitrogen functional groups attached to an aromatic ring is 1. The van der Waals surface area contributed by atoms with Gasteiger partial charge in [-0.25, -0.2) is 4.39 Å². The first-order chi connectivity index (χ1) is 9.11. The van der Waals surface area contributed by atoms with Crippen molar-refractivity contribution in [2.24, 2.45) is 11.8 Å². The van der Waals surface area contributed by atoms with Gasteiger partial charge in [-0.1, -0.05) is 19.8 Å². The van der Waals surface area contributed by atoms with Crippen LogP contribution in [0, 0.1) is 17.7 Å². The lowest BCUT2D eigenvalue weighted by atomic mass is 9.98. The van der Waals surface area contributed by atoms with Gasteiger partial charge in [0.15, 0.2) is 11.6 Å². The molecule has 4 heteroatoms. The Morgan fingerprint density at radius 3 is 2.84 bits per heavy atom. The largest absolute Gasteiger partial charge is 0.491 e. The molecule has 2 unspecified atom stereocenters. The average molecular weight is 266 g/mol. The zero-order chi connectivity index (χ0) is 13.8. The fraction of sp³-hybridized carbons (Fsp3) is 0.600. The van der Waals surface area contributed by atoms with Gasteiger partial charge in [-0.15, -0.1) is 0 Å². The molecule has 0 bridgehead atoms. The van der Waals surface area contributed by atoms with Crippen molar-refractivity contribution in [1.82, 2.24) is 0 Å². The van der Waals surface area contributed by atoms with Crippen LogP contribution in [0.25, 0.3) is 0 Å². The summed E-state index contributed by atoms with van der Waals surface area (Å²) >= 11 is 0. The van der Waals surface area contributed by atoms with Gasteiger partial charge in [-0.05, 0) is 25.2 Å². The minimum absolute atomic E-state index is 0.263. The molecule has 1 aromatic rings. The van der Waals surface area contributed by atoms with Crippen molar-refractivity contribution in [1.29, 1.82) is 0 Å². The molecule has 2 rings (SSSR count). The van der Waals surface area contributed by atoms with Gasteiger partial charge in [0.2, 0.25) is 0 Å². The molecular weight excluding hydrogens is 243 g/mol. The molecule has 106 valence electrons. The molecule has 0 saturated heterocycles. The molecule has 3 nitrogen and oxygen atoms in total. The van der Waals surface area contributed by atoms with Crippen molar-refractivity contribution >= 4 is 11.4 Å². The molecule has 1 aliphatic carbocycles. The van der Waals surface area contributed by atoms with Gasteiger partial charge in [0.1, 0.15) is 0 Å². The van der Waals surface area contributed by atoms with Crippen LogP contribution in [0.2, 0.25) is 0 Å². The Morgan fingerprint density at radius 1 is 1.42 bits per heavy atom. The first kappa shape index (κ1) is 14.0. The van der Waals surface area contributed by atoms with Crippen molar-refractivity contribution in [3.63, 3.8) is 0 Å². The standard InChI is InChI=1S/C15H23FN2O/c1-3-19-15-8-14(13(17)7-12(15)16)18-9-11-6-4-5-10(11)2/h7-8,10-11,18H,3-6,9,17H2,1-2H3. The van der Waals surface area contributed by atoms with Gasteiger partial charge >= 0.3 is 0 Å². The van der Waals surface area contributed by atoms with E-state index in [0.717, 1.165) is 18.2 Å². The highest BCUT2D eigenvalue weighted by atomic mass is 19.1. The monoisotopic (exact) mass is 266 g/mol. The number of ether oxygens (including phenoxy) is 1. The summed E-state index contributed by atoms with van der Waals surface area (Å²) in [7, 11) is 0. The summed E-state index contributed by atoms with van der Waals surface area (Å²) in [5.41, 5.74) is 7.05. The van der Waals surface area contributed by atoms with Crippen LogP contribution in [0.4, 0.5) is 15.8 Å². The van der Waals surface area contributed by atoms with E-state index in [4.69, 9.17) is 10.5 Å². The maximum absolute atomic E-state index is 13.6. The molecule has 1 saturated carbocycles. The third-order valence-corrected chi connectivity index (χ3v) is 4.00. The minimum atomic E-state index is -0.404. The van der Waals surface area contributed by atoms with E-state index in [0.29, 0.717) is 18.2 Å². The summed E-state index contributed by atoms with van der Waals surface area (Å²) in [6.07, 6.45) is 3.86. The first-order valence-corrected chi connectivity index (χ1v) is 7.07. The highest BCUT2D eigenvalue weighted by Crippen LogP contribution is 2.33. The number of hydrogen-bond acceptors (Lipinski definition) is 3. The van der Waals surface area contributed by atoms with Crippen molar-refractivity contribution in [2.45, 2.75) is 33.1 Å². The quantitative estimate of drug-likeness (QED) is 0.800.